The zero-order chi connectivity index (χ0) is 16.2. The molecule has 0 aliphatic carbocycles. The number of hydrogen-bond donors (Lipinski definition) is 1. The van der Waals surface area contributed by atoms with E-state index in [1.807, 2.05) is 12.1 Å². The molecule has 0 spiro atoms. The lowest BCUT2D eigenvalue weighted by Gasteiger charge is -2.32. The van der Waals surface area contributed by atoms with Crippen molar-refractivity contribution < 1.29 is 4.79 Å². The predicted octanol–water partition coefficient (Wildman–Crippen LogP) is 1.50. The van der Waals surface area contributed by atoms with Crippen molar-refractivity contribution in [1.82, 2.24) is 25.1 Å². The van der Waals surface area contributed by atoms with Gasteiger partial charge in [-0.2, -0.15) is 4.52 Å². The predicted molar refractivity (Wildman–Crippen MR) is 88.2 cm³/mol. The molecule has 7 heteroatoms. The van der Waals surface area contributed by atoms with E-state index in [2.05, 4.69) is 39.4 Å². The quantitative estimate of drug-likeness (QED) is 0.905. The molecule has 0 unspecified atom stereocenters. The van der Waals surface area contributed by atoms with E-state index in [4.69, 9.17) is 0 Å². The van der Waals surface area contributed by atoms with Crippen molar-refractivity contribution >= 4 is 17.4 Å². The maximum atomic E-state index is 12.3. The molecule has 0 saturated carbocycles. The van der Waals surface area contributed by atoms with E-state index >= 15 is 0 Å². The molecule has 1 aliphatic rings. The standard InChI is InChI=1S/C16H24N6O/c1-12(2)7-8-17-16(23)13-4-3-9-21(10-13)15-6-5-14-19-18-11-22(14)20-15/h5-6,11-13H,3-4,7-10H2,1-2H3,(H,17,23)/t13-/m1/s1. The van der Waals surface area contributed by atoms with Crippen molar-refractivity contribution in [3.63, 3.8) is 0 Å². The maximum Gasteiger partial charge on any atom is 0.224 e. The molecule has 23 heavy (non-hydrogen) atoms. The van der Waals surface area contributed by atoms with Gasteiger partial charge in [0.15, 0.2) is 5.65 Å². The number of carbonyl (C=O) groups excluding carboxylic acids is 1. The summed E-state index contributed by atoms with van der Waals surface area (Å²) in [5.41, 5.74) is 0.730. The largest absolute Gasteiger partial charge is 0.356 e. The summed E-state index contributed by atoms with van der Waals surface area (Å²) in [6, 6.07) is 3.85. The second-order valence-electron chi connectivity index (χ2n) is 6.58. The highest BCUT2D eigenvalue weighted by Crippen LogP contribution is 2.21. The minimum atomic E-state index is 0.0364. The van der Waals surface area contributed by atoms with Gasteiger partial charge in [0.1, 0.15) is 12.1 Å². The van der Waals surface area contributed by atoms with Gasteiger partial charge < -0.3 is 10.2 Å². The van der Waals surface area contributed by atoms with Crippen LogP contribution in [0.2, 0.25) is 0 Å². The van der Waals surface area contributed by atoms with Crippen LogP contribution in [0.3, 0.4) is 0 Å². The molecule has 0 bridgehead atoms. The zero-order valence-corrected chi connectivity index (χ0v) is 13.8. The van der Waals surface area contributed by atoms with E-state index < -0.39 is 0 Å². The number of fused-ring (bicyclic) bond motifs is 1. The lowest BCUT2D eigenvalue weighted by atomic mass is 9.97. The molecule has 2 aromatic heterocycles. The van der Waals surface area contributed by atoms with Crippen molar-refractivity contribution in [2.24, 2.45) is 11.8 Å². The third kappa shape index (κ3) is 3.78. The number of nitrogens with zero attached hydrogens (tertiary/aromatic N) is 5. The second-order valence-corrected chi connectivity index (χ2v) is 6.58. The summed E-state index contributed by atoms with van der Waals surface area (Å²) in [6.07, 6.45) is 4.57. The SMILES string of the molecule is CC(C)CCNC(=O)[C@@H]1CCCN(c2ccc3nncn3n2)C1. The molecule has 2 aromatic rings. The number of anilines is 1. The zero-order valence-electron chi connectivity index (χ0n) is 13.8. The van der Waals surface area contributed by atoms with Crippen LogP contribution in [0.25, 0.3) is 5.65 Å². The molecule has 1 saturated heterocycles. The van der Waals surface area contributed by atoms with Crippen LogP contribution in [0.15, 0.2) is 18.5 Å². The summed E-state index contributed by atoms with van der Waals surface area (Å²) in [5, 5.41) is 15.4. The van der Waals surface area contributed by atoms with Crippen molar-refractivity contribution in [1.29, 1.82) is 0 Å². The minimum Gasteiger partial charge on any atom is -0.356 e. The number of carbonyl (C=O) groups is 1. The van der Waals surface area contributed by atoms with E-state index in [-0.39, 0.29) is 11.8 Å². The maximum absolute atomic E-state index is 12.3. The topological polar surface area (TPSA) is 75.4 Å². The number of rotatable bonds is 5. The summed E-state index contributed by atoms with van der Waals surface area (Å²) in [7, 11) is 0. The average molecular weight is 316 g/mol. The highest BCUT2D eigenvalue weighted by Gasteiger charge is 2.26. The van der Waals surface area contributed by atoms with Gasteiger partial charge >= 0.3 is 0 Å². The molecule has 3 heterocycles. The summed E-state index contributed by atoms with van der Waals surface area (Å²) in [6.45, 7) is 6.74. The molecule has 1 N–H and O–H groups in total. The number of hydrogen-bond acceptors (Lipinski definition) is 5. The molecule has 3 rings (SSSR count). The lowest BCUT2D eigenvalue weighted by Crippen LogP contribution is -2.43. The van der Waals surface area contributed by atoms with Crippen LogP contribution >= 0.6 is 0 Å². The Balaban J connectivity index is 1.62. The number of aromatic nitrogens is 4. The Bertz CT molecular complexity index is 667. The third-order valence-electron chi connectivity index (χ3n) is 4.28. The van der Waals surface area contributed by atoms with Crippen molar-refractivity contribution in [3.05, 3.63) is 18.5 Å². The number of piperidine rings is 1. The number of nitrogens with one attached hydrogen (secondary N) is 1. The van der Waals surface area contributed by atoms with Crippen LogP contribution in [-0.4, -0.2) is 45.4 Å². The minimum absolute atomic E-state index is 0.0364. The van der Waals surface area contributed by atoms with Crippen molar-refractivity contribution in [3.8, 4) is 0 Å². The molecular formula is C16H24N6O. The van der Waals surface area contributed by atoms with Crippen LogP contribution in [-0.2, 0) is 4.79 Å². The first-order valence-electron chi connectivity index (χ1n) is 8.33. The highest BCUT2D eigenvalue weighted by atomic mass is 16.1. The smallest absolute Gasteiger partial charge is 0.224 e. The van der Waals surface area contributed by atoms with E-state index in [1.54, 1.807) is 10.8 Å². The molecule has 1 amide bonds. The highest BCUT2D eigenvalue weighted by molar-refractivity contribution is 5.79. The van der Waals surface area contributed by atoms with E-state index in [1.165, 1.54) is 0 Å². The second kappa shape index (κ2) is 6.93. The van der Waals surface area contributed by atoms with Gasteiger partial charge in [0.05, 0.1) is 5.92 Å². The molecule has 1 aliphatic heterocycles. The fraction of sp³-hybridized carbons (Fsp3) is 0.625. The monoisotopic (exact) mass is 316 g/mol. The van der Waals surface area contributed by atoms with Crippen LogP contribution in [0.5, 0.6) is 0 Å². The van der Waals surface area contributed by atoms with Gasteiger partial charge in [0, 0.05) is 19.6 Å². The summed E-state index contributed by atoms with van der Waals surface area (Å²) >= 11 is 0. The Morgan fingerprint density at radius 3 is 3.13 bits per heavy atom. The first kappa shape index (κ1) is 15.7. The van der Waals surface area contributed by atoms with Crippen molar-refractivity contribution in [2.45, 2.75) is 33.1 Å². The van der Waals surface area contributed by atoms with Gasteiger partial charge in [-0.3, -0.25) is 4.79 Å². The van der Waals surface area contributed by atoms with Gasteiger partial charge in [0.25, 0.3) is 0 Å². The van der Waals surface area contributed by atoms with Crippen molar-refractivity contribution in [2.75, 3.05) is 24.5 Å². The fourth-order valence-electron chi connectivity index (χ4n) is 2.91. The van der Waals surface area contributed by atoms with E-state index in [9.17, 15) is 4.79 Å². The van der Waals surface area contributed by atoms with Gasteiger partial charge in [0.2, 0.25) is 5.91 Å². The lowest BCUT2D eigenvalue weighted by molar-refractivity contribution is -0.125. The summed E-state index contributed by atoms with van der Waals surface area (Å²) in [4.78, 5) is 14.5. The molecule has 1 fully saturated rings. The van der Waals surface area contributed by atoms with Crippen LogP contribution in [0, 0.1) is 11.8 Å². The molecular weight excluding hydrogens is 292 g/mol. The van der Waals surface area contributed by atoms with Gasteiger partial charge in [-0.25, -0.2) is 0 Å². The van der Waals surface area contributed by atoms with E-state index in [0.717, 1.165) is 43.8 Å². The van der Waals surface area contributed by atoms with Crippen LogP contribution in [0.1, 0.15) is 33.1 Å². The van der Waals surface area contributed by atoms with Gasteiger partial charge in [-0.05, 0) is 37.3 Å². The van der Waals surface area contributed by atoms with Crippen LogP contribution in [0.4, 0.5) is 5.82 Å². The molecule has 0 radical (unpaired) electrons. The molecule has 124 valence electrons. The summed E-state index contributed by atoms with van der Waals surface area (Å²) < 4.78 is 1.67. The Labute approximate surface area is 136 Å². The van der Waals surface area contributed by atoms with E-state index in [0.29, 0.717) is 12.5 Å². The number of amides is 1. The average Bonchev–Trinajstić information content (AvgIpc) is 3.02. The first-order valence-corrected chi connectivity index (χ1v) is 8.33. The van der Waals surface area contributed by atoms with Crippen LogP contribution < -0.4 is 10.2 Å². The third-order valence-corrected chi connectivity index (χ3v) is 4.28. The van der Waals surface area contributed by atoms with Gasteiger partial charge in [-0.15, -0.1) is 15.3 Å². The fourth-order valence-corrected chi connectivity index (χ4v) is 2.91. The summed E-state index contributed by atoms with van der Waals surface area (Å²) in [5.74, 6) is 1.69. The molecule has 7 nitrogen and oxygen atoms in total. The molecule has 0 aromatic carbocycles. The molecule has 1 atom stereocenters. The Morgan fingerprint density at radius 1 is 1.43 bits per heavy atom. The first-order chi connectivity index (χ1) is 11.1. The van der Waals surface area contributed by atoms with Gasteiger partial charge in [-0.1, -0.05) is 13.8 Å². The Morgan fingerprint density at radius 2 is 2.30 bits per heavy atom. The normalized spacial score (nSPS) is 18.6. The Hall–Kier alpha value is -2.18. The Kier molecular flexibility index (Phi) is 4.73.